The summed E-state index contributed by atoms with van der Waals surface area (Å²) in [7, 11) is 10.6. The predicted octanol–water partition coefficient (Wildman–Crippen LogP) is 14.0. The molecule has 14 nitrogen and oxygen atoms in total. The van der Waals surface area contributed by atoms with Gasteiger partial charge in [-0.3, -0.25) is 9.98 Å². The van der Waals surface area contributed by atoms with E-state index in [1.165, 1.54) is 130 Å². The highest BCUT2D eigenvalue weighted by atomic mass is 16.3. The average Bonchev–Trinajstić information content (AvgIpc) is 3.32. The summed E-state index contributed by atoms with van der Waals surface area (Å²) in [6.45, 7) is 21.5. The number of anilines is 1. The smallest absolute Gasteiger partial charge is 0.321 e. The molecule has 4 atom stereocenters. The highest BCUT2D eigenvalue weighted by molar-refractivity contribution is 5.89. The van der Waals surface area contributed by atoms with Gasteiger partial charge in [0.2, 0.25) is 0 Å². The lowest BCUT2D eigenvalue weighted by atomic mass is 9.96. The van der Waals surface area contributed by atoms with Crippen molar-refractivity contribution < 1.29 is 28.9 Å². The maximum atomic E-state index is 13.7. The van der Waals surface area contributed by atoms with E-state index in [-0.39, 0.29) is 23.9 Å². The van der Waals surface area contributed by atoms with Crippen molar-refractivity contribution in [2.45, 2.75) is 177 Å². The van der Waals surface area contributed by atoms with Gasteiger partial charge in [0.05, 0.1) is 45.7 Å². The van der Waals surface area contributed by atoms with Crippen LogP contribution in [0.25, 0.3) is 0 Å². The van der Waals surface area contributed by atoms with E-state index in [1.807, 2.05) is 65.1 Å². The van der Waals surface area contributed by atoms with Gasteiger partial charge < -0.3 is 30.6 Å². The van der Waals surface area contributed by atoms with E-state index < -0.39 is 0 Å². The molecule has 0 aliphatic carbocycles. The number of hydrogen-bond donors (Lipinski definition) is 2. The summed E-state index contributed by atoms with van der Waals surface area (Å²) in [5, 5.41) is 29.9. The minimum atomic E-state index is -0.258. The third-order valence-electron chi connectivity index (χ3n) is 17.4. The van der Waals surface area contributed by atoms with Crippen LogP contribution in [-0.2, 0) is 47.5 Å². The zero-order chi connectivity index (χ0) is 65.1. The number of hydrogen-bond acceptors (Lipinski definition) is 6. The Labute approximate surface area is 537 Å². The molecule has 4 unspecified atom stereocenters. The Kier molecular flexibility index (Phi) is 34.3. The number of carbonyl (C=O) groups is 2. The number of unbranched alkanes of at least 4 members (excludes halogenated alkanes) is 4. The third kappa shape index (κ3) is 26.0. The van der Waals surface area contributed by atoms with Crippen molar-refractivity contribution in [3.05, 3.63) is 167 Å². The SMILES string of the molecule is CCCCC(CC)CN(CC(CC)CCCC)C(=O)NC.CCCCC(CC)CN(CC(CC)CCCC)C(=O)Nc1ccc(Cc2cccc(Cc3cccc(Cc4ccc(N=C([O-])c5n(C)cc[n+]5C)cc4)c3)c2)cc1.CN=C([O-])c1n(C)cc[n+]1C. The van der Waals surface area contributed by atoms with Crippen molar-refractivity contribution in [2.24, 2.45) is 61.8 Å². The summed E-state index contributed by atoms with van der Waals surface area (Å²) in [5.74, 6) is 3.04. The van der Waals surface area contributed by atoms with Crippen molar-refractivity contribution in [1.29, 1.82) is 0 Å². The molecule has 0 bridgehead atoms. The second-order valence-corrected chi connectivity index (χ2v) is 24.6. The molecule has 2 aromatic heterocycles. The minimum absolute atomic E-state index is 0.0276. The topological polar surface area (TPSA) is 153 Å². The molecule has 0 aliphatic rings. The summed E-state index contributed by atoms with van der Waals surface area (Å²) in [4.78, 5) is 38.0. The van der Waals surface area contributed by atoms with Crippen LogP contribution in [0.2, 0.25) is 0 Å². The number of nitrogens with one attached hydrogen (secondary N) is 2. The third-order valence-corrected chi connectivity index (χ3v) is 17.4. The molecule has 0 spiro atoms. The first kappa shape index (κ1) is 74.2. The first-order valence-electron chi connectivity index (χ1n) is 33.7. The zero-order valence-electron chi connectivity index (χ0n) is 57.3. The van der Waals surface area contributed by atoms with E-state index in [4.69, 9.17) is 0 Å². The fourth-order valence-electron chi connectivity index (χ4n) is 11.6. The van der Waals surface area contributed by atoms with E-state index >= 15 is 0 Å². The Hall–Kier alpha value is -7.22. The fraction of sp³-hybridized carbons (Fsp3) is 0.547. The van der Waals surface area contributed by atoms with Crippen LogP contribution in [0.3, 0.4) is 0 Å². The van der Waals surface area contributed by atoms with Crippen molar-refractivity contribution in [1.82, 2.24) is 24.3 Å². The number of urea groups is 2. The molecule has 2 N–H and O–H groups in total. The van der Waals surface area contributed by atoms with Gasteiger partial charge in [0, 0.05) is 46.0 Å². The van der Waals surface area contributed by atoms with Gasteiger partial charge in [0.1, 0.15) is 24.8 Å². The monoisotopic (exact) mass is 1220 g/mol. The van der Waals surface area contributed by atoms with Crippen LogP contribution in [0.5, 0.6) is 0 Å². The molecular formula is C75H114N10O4. The number of rotatable bonds is 34. The summed E-state index contributed by atoms with van der Waals surface area (Å²) in [6, 6.07) is 34.1. The predicted molar refractivity (Wildman–Crippen MR) is 366 cm³/mol. The average molecular weight is 1220 g/mol. The normalized spacial score (nSPS) is 12.9. The Bertz CT molecular complexity index is 2940. The summed E-state index contributed by atoms with van der Waals surface area (Å²) in [6.07, 6.45) is 29.0. The fourth-order valence-corrected chi connectivity index (χ4v) is 11.6. The summed E-state index contributed by atoms with van der Waals surface area (Å²) in [5.41, 5.74) is 8.97. The summed E-state index contributed by atoms with van der Waals surface area (Å²) < 4.78 is 7.06. The summed E-state index contributed by atoms with van der Waals surface area (Å²) >= 11 is 0. The van der Waals surface area contributed by atoms with Gasteiger partial charge in [-0.1, -0.05) is 205 Å². The zero-order valence-corrected chi connectivity index (χ0v) is 57.3. The lowest BCUT2D eigenvalue weighted by Crippen LogP contribution is -2.43. The van der Waals surface area contributed by atoms with Gasteiger partial charge in [0.15, 0.2) is 0 Å². The Morgan fingerprint density at radius 2 is 0.854 bits per heavy atom. The molecule has 0 fully saturated rings. The van der Waals surface area contributed by atoms with Gasteiger partial charge in [0.25, 0.3) is 11.6 Å². The number of benzene rings is 4. The van der Waals surface area contributed by atoms with Crippen LogP contribution in [0.4, 0.5) is 21.0 Å². The van der Waals surface area contributed by atoms with E-state index in [2.05, 4.69) is 171 Å². The molecule has 0 saturated heterocycles. The van der Waals surface area contributed by atoms with Crippen molar-refractivity contribution >= 4 is 35.2 Å². The van der Waals surface area contributed by atoms with Crippen molar-refractivity contribution in [2.75, 3.05) is 45.6 Å². The lowest BCUT2D eigenvalue weighted by Gasteiger charge is -2.31. The lowest BCUT2D eigenvalue weighted by molar-refractivity contribution is -0.674. The first-order chi connectivity index (χ1) is 43.0. The number of aliphatic imine (C=N–C) groups is 2. The quantitative estimate of drug-likeness (QED) is 0.0235. The van der Waals surface area contributed by atoms with Gasteiger partial charge >= 0.3 is 12.1 Å². The molecule has 2 heterocycles. The second kappa shape index (κ2) is 41.1. The minimum Gasteiger partial charge on any atom is -0.853 e. The molecule has 488 valence electrons. The molecule has 6 rings (SSSR count). The number of imidazole rings is 2. The maximum Gasteiger partial charge on any atom is 0.321 e. The Morgan fingerprint density at radius 1 is 0.506 bits per heavy atom. The van der Waals surface area contributed by atoms with Crippen LogP contribution >= 0.6 is 0 Å². The van der Waals surface area contributed by atoms with Crippen LogP contribution in [0.15, 0.2) is 132 Å². The van der Waals surface area contributed by atoms with Gasteiger partial charge in [-0.2, -0.15) is 0 Å². The molecule has 6 aromatic rings. The molecule has 4 amide bonds. The number of aryl methyl sites for hydroxylation is 4. The maximum absolute atomic E-state index is 13.7. The van der Waals surface area contributed by atoms with Crippen molar-refractivity contribution in [3.63, 3.8) is 0 Å². The Morgan fingerprint density at radius 3 is 1.18 bits per heavy atom. The van der Waals surface area contributed by atoms with E-state index in [1.54, 1.807) is 25.3 Å². The molecule has 0 aliphatic heterocycles. The number of nitrogens with zero attached hydrogens (tertiary/aromatic N) is 8. The van der Waals surface area contributed by atoms with Crippen LogP contribution in [0, 0.1) is 23.7 Å². The first-order valence-corrected chi connectivity index (χ1v) is 33.7. The van der Waals surface area contributed by atoms with E-state index in [0.29, 0.717) is 41.0 Å². The second-order valence-electron chi connectivity index (χ2n) is 24.6. The number of aromatic nitrogens is 4. The van der Waals surface area contributed by atoms with E-state index in [9.17, 15) is 19.8 Å². The van der Waals surface area contributed by atoms with Crippen molar-refractivity contribution in [3.8, 4) is 0 Å². The van der Waals surface area contributed by atoms with Gasteiger partial charge in [-0.15, -0.1) is 0 Å². The van der Waals surface area contributed by atoms with Crippen LogP contribution < -0.4 is 30.0 Å². The molecule has 4 aromatic carbocycles. The molecule has 0 radical (unpaired) electrons. The number of carbonyl (C=O) groups excluding carboxylic acids is 2. The molecular weight excluding hydrogens is 1100 g/mol. The number of amides is 4. The largest absolute Gasteiger partial charge is 0.853 e. The highest BCUT2D eigenvalue weighted by Crippen LogP contribution is 2.24. The van der Waals surface area contributed by atoms with E-state index in [0.717, 1.165) is 64.0 Å². The molecule has 0 saturated carbocycles. The van der Waals surface area contributed by atoms with Gasteiger partial charge in [-0.25, -0.2) is 27.9 Å². The van der Waals surface area contributed by atoms with Crippen LogP contribution in [-0.4, -0.2) is 83.1 Å². The standard InChI is InChI=1S/C50H65N5O2.C18H38N2O.C7H11N3O/c1-7-11-15-38(9-3)36-55(37-39(10-4)16-12-8-2)50(57)52-47-27-23-41(24-28-47)32-43-18-14-20-45(34-43)35-44-19-13-17-42(33-44)31-40-21-25-46(26-22-40)51-48(56)49-53(5)29-30-54(49)6;1-6-10-12-16(8-3)14-20(18(21)19-5)15-17(9-4)13-11-7-2;1-8-6(11)7-9(2)4-5-10(7)3/h13-14,17-30,33-34,38-39H,7-12,15-16,31-32,35-37H2,1-6H3,(H-,51,52,56,57);16-17H,6-15H2,1-5H3,(H,19,21);4-5H,1-3H3. The van der Waals surface area contributed by atoms with Gasteiger partial charge in [-0.05, 0) is 126 Å². The van der Waals surface area contributed by atoms with Crippen LogP contribution in [0.1, 0.15) is 203 Å². The highest BCUT2D eigenvalue weighted by Gasteiger charge is 2.23. The molecule has 89 heavy (non-hydrogen) atoms. The Balaban J connectivity index is 0.000000431. The molecule has 14 heteroatoms.